The number of carboxylic acid groups (broad SMARTS) is 1. The van der Waals surface area contributed by atoms with Crippen LogP contribution in [0.5, 0.6) is 0 Å². The van der Waals surface area contributed by atoms with Crippen molar-refractivity contribution >= 4 is 22.7 Å². The second-order valence-corrected chi connectivity index (χ2v) is 6.49. The third kappa shape index (κ3) is 2.77. The average molecular weight is 378 g/mol. The van der Waals surface area contributed by atoms with Gasteiger partial charge < -0.3 is 14.2 Å². The van der Waals surface area contributed by atoms with Crippen molar-refractivity contribution in [3.8, 4) is 11.3 Å². The van der Waals surface area contributed by atoms with Gasteiger partial charge in [-0.05, 0) is 31.2 Å². The number of carbonyl (C=O) groups excluding carboxylic acids is 1. The summed E-state index contributed by atoms with van der Waals surface area (Å²) >= 11 is 0. The number of aromatic nitrogens is 2. The van der Waals surface area contributed by atoms with Crippen LogP contribution in [0, 0.1) is 12.7 Å². The summed E-state index contributed by atoms with van der Waals surface area (Å²) < 4.78 is 20.6. The molecule has 140 valence electrons. The lowest BCUT2D eigenvalue weighted by atomic mass is 9.97. The zero-order valence-electron chi connectivity index (χ0n) is 15.1. The molecule has 0 saturated carbocycles. The quantitative estimate of drug-likeness (QED) is 0.538. The number of hydrogen-bond acceptors (Lipinski definition) is 4. The van der Waals surface area contributed by atoms with Gasteiger partial charge in [0.2, 0.25) is 5.78 Å². The molecule has 6 nitrogen and oxygen atoms in total. The third-order valence-electron chi connectivity index (χ3n) is 4.67. The summed E-state index contributed by atoms with van der Waals surface area (Å²) in [5, 5.41) is 13.8. The van der Waals surface area contributed by atoms with Gasteiger partial charge in [0.25, 0.3) is 0 Å². The Morgan fingerprint density at radius 1 is 1.18 bits per heavy atom. The Hall–Kier alpha value is -3.74. The molecule has 0 spiro atoms. The number of halogens is 1. The number of carbonyl (C=O) groups is 2. The smallest absolute Gasteiger partial charge is 0.335 e. The highest BCUT2D eigenvalue weighted by Gasteiger charge is 2.26. The number of aryl methyl sites for hydroxylation is 2. The van der Waals surface area contributed by atoms with Crippen LogP contribution < -0.4 is 0 Å². The van der Waals surface area contributed by atoms with Crippen molar-refractivity contribution in [2.45, 2.75) is 6.92 Å². The van der Waals surface area contributed by atoms with E-state index in [-0.39, 0.29) is 22.6 Å². The van der Waals surface area contributed by atoms with E-state index in [2.05, 4.69) is 5.16 Å². The van der Waals surface area contributed by atoms with Gasteiger partial charge in [-0.3, -0.25) is 4.79 Å². The van der Waals surface area contributed by atoms with Crippen LogP contribution in [0.25, 0.3) is 22.2 Å². The molecule has 0 atom stereocenters. The number of carboxylic acids is 1. The van der Waals surface area contributed by atoms with Gasteiger partial charge in [0.15, 0.2) is 0 Å². The number of hydrogen-bond donors (Lipinski definition) is 1. The van der Waals surface area contributed by atoms with Gasteiger partial charge in [-0.25, -0.2) is 9.18 Å². The fourth-order valence-corrected chi connectivity index (χ4v) is 3.30. The molecule has 0 aliphatic rings. The molecule has 0 saturated heterocycles. The van der Waals surface area contributed by atoms with Crippen LogP contribution in [0.1, 0.15) is 32.0 Å². The van der Waals surface area contributed by atoms with Crippen molar-refractivity contribution in [2.75, 3.05) is 0 Å². The van der Waals surface area contributed by atoms with Gasteiger partial charge in [-0.2, -0.15) is 0 Å². The number of ketones is 1. The molecular formula is C21H15FN2O4. The van der Waals surface area contributed by atoms with Crippen LogP contribution in [-0.4, -0.2) is 26.6 Å². The summed E-state index contributed by atoms with van der Waals surface area (Å²) in [6.07, 6.45) is 1.64. The molecule has 2 aromatic heterocycles. The molecule has 0 aliphatic carbocycles. The van der Waals surface area contributed by atoms with E-state index in [9.17, 15) is 19.1 Å². The number of fused-ring (bicyclic) bond motifs is 1. The van der Waals surface area contributed by atoms with Crippen molar-refractivity contribution in [3.05, 3.63) is 76.9 Å². The van der Waals surface area contributed by atoms with E-state index in [0.717, 1.165) is 0 Å². The maximum atomic E-state index is 13.6. The van der Waals surface area contributed by atoms with Gasteiger partial charge in [-0.1, -0.05) is 23.4 Å². The maximum Gasteiger partial charge on any atom is 0.335 e. The van der Waals surface area contributed by atoms with E-state index >= 15 is 0 Å². The zero-order chi connectivity index (χ0) is 20.0. The standard InChI is InChI=1S/C21H15FN2O4/c1-11-18(19(23-28-11)12-4-3-5-14(22)8-12)20(25)16-10-24(2)17-9-13(21(26)27)6-7-15(16)17/h3-10H,1-2H3,(H,26,27). The first-order chi connectivity index (χ1) is 13.4. The molecule has 0 radical (unpaired) electrons. The molecule has 28 heavy (non-hydrogen) atoms. The largest absolute Gasteiger partial charge is 0.478 e. The molecule has 0 bridgehead atoms. The fourth-order valence-electron chi connectivity index (χ4n) is 3.30. The number of rotatable bonds is 4. The van der Waals surface area contributed by atoms with Crippen molar-refractivity contribution in [2.24, 2.45) is 7.05 Å². The lowest BCUT2D eigenvalue weighted by Gasteiger charge is -2.03. The third-order valence-corrected chi connectivity index (χ3v) is 4.67. The maximum absolute atomic E-state index is 13.6. The van der Waals surface area contributed by atoms with Crippen molar-refractivity contribution in [3.63, 3.8) is 0 Å². The minimum absolute atomic E-state index is 0.134. The molecule has 0 unspecified atom stereocenters. The molecule has 0 aliphatic heterocycles. The summed E-state index contributed by atoms with van der Waals surface area (Å²) in [6, 6.07) is 10.4. The molecule has 2 aromatic carbocycles. The van der Waals surface area contributed by atoms with Gasteiger partial charge in [0, 0.05) is 35.3 Å². The first kappa shape index (κ1) is 17.7. The zero-order valence-corrected chi connectivity index (χ0v) is 15.1. The summed E-state index contributed by atoms with van der Waals surface area (Å²) in [6.45, 7) is 1.62. The van der Waals surface area contributed by atoms with E-state index in [4.69, 9.17) is 4.52 Å². The van der Waals surface area contributed by atoms with Crippen LogP contribution in [0.4, 0.5) is 4.39 Å². The molecule has 2 heterocycles. The Labute approximate surface area is 158 Å². The van der Waals surface area contributed by atoms with Gasteiger partial charge in [0.05, 0.1) is 11.1 Å². The Bertz CT molecular complexity index is 1250. The molecule has 1 N–H and O–H groups in total. The number of aromatic carboxylic acids is 1. The predicted octanol–water partition coefficient (Wildman–Crippen LogP) is 4.21. The summed E-state index contributed by atoms with van der Waals surface area (Å²) in [4.78, 5) is 24.6. The van der Waals surface area contributed by atoms with Gasteiger partial charge >= 0.3 is 5.97 Å². The summed E-state index contributed by atoms with van der Waals surface area (Å²) in [7, 11) is 1.73. The predicted molar refractivity (Wildman–Crippen MR) is 99.9 cm³/mol. The van der Waals surface area contributed by atoms with Crippen LogP contribution in [0.3, 0.4) is 0 Å². The number of nitrogens with zero attached hydrogens (tertiary/aromatic N) is 2. The normalized spacial score (nSPS) is 11.1. The summed E-state index contributed by atoms with van der Waals surface area (Å²) in [5.41, 5.74) is 2.09. The second kappa shape index (κ2) is 6.45. The molecule has 4 rings (SSSR count). The SMILES string of the molecule is Cc1onc(-c2cccc(F)c2)c1C(=O)c1cn(C)c2cc(C(=O)O)ccc12. The lowest BCUT2D eigenvalue weighted by molar-refractivity contribution is 0.0697. The minimum Gasteiger partial charge on any atom is -0.478 e. The van der Waals surface area contributed by atoms with Crippen LogP contribution in [0.15, 0.2) is 53.2 Å². The summed E-state index contributed by atoms with van der Waals surface area (Å²) in [5.74, 6) is -1.49. The molecular weight excluding hydrogens is 363 g/mol. The highest BCUT2D eigenvalue weighted by atomic mass is 19.1. The molecule has 0 amide bonds. The van der Waals surface area contributed by atoms with Gasteiger partial charge in [0.1, 0.15) is 17.3 Å². The second-order valence-electron chi connectivity index (χ2n) is 6.49. The monoisotopic (exact) mass is 378 g/mol. The van der Waals surface area contributed by atoms with E-state index in [0.29, 0.717) is 27.8 Å². The Morgan fingerprint density at radius 2 is 1.96 bits per heavy atom. The topological polar surface area (TPSA) is 85.3 Å². The Balaban J connectivity index is 1.88. The van der Waals surface area contributed by atoms with Crippen LogP contribution >= 0.6 is 0 Å². The van der Waals surface area contributed by atoms with Crippen LogP contribution in [0.2, 0.25) is 0 Å². The first-order valence-corrected chi connectivity index (χ1v) is 8.46. The van der Waals surface area contributed by atoms with E-state index < -0.39 is 11.8 Å². The average Bonchev–Trinajstić information content (AvgIpc) is 3.21. The minimum atomic E-state index is -1.04. The van der Waals surface area contributed by atoms with Crippen molar-refractivity contribution in [1.82, 2.24) is 9.72 Å². The van der Waals surface area contributed by atoms with E-state index in [1.807, 2.05) is 0 Å². The molecule has 4 aromatic rings. The highest BCUT2D eigenvalue weighted by molar-refractivity contribution is 6.19. The molecule has 7 heteroatoms. The Morgan fingerprint density at radius 3 is 2.68 bits per heavy atom. The van der Waals surface area contributed by atoms with Crippen molar-refractivity contribution < 1.29 is 23.6 Å². The number of benzene rings is 2. The Kier molecular flexibility index (Phi) is 4.07. The van der Waals surface area contributed by atoms with E-state index in [1.165, 1.54) is 30.3 Å². The van der Waals surface area contributed by atoms with Crippen molar-refractivity contribution in [1.29, 1.82) is 0 Å². The van der Waals surface area contributed by atoms with E-state index in [1.54, 1.807) is 36.9 Å². The highest BCUT2D eigenvalue weighted by Crippen LogP contribution is 2.31. The lowest BCUT2D eigenvalue weighted by Crippen LogP contribution is -2.03. The fraction of sp³-hybridized carbons (Fsp3) is 0.0952. The van der Waals surface area contributed by atoms with Crippen LogP contribution in [-0.2, 0) is 7.05 Å². The first-order valence-electron chi connectivity index (χ1n) is 8.46. The van der Waals surface area contributed by atoms with Gasteiger partial charge in [-0.15, -0.1) is 0 Å². The molecule has 0 fully saturated rings.